The quantitative estimate of drug-likeness (QED) is 0.343. The van der Waals surface area contributed by atoms with E-state index in [4.69, 9.17) is 0 Å². The summed E-state index contributed by atoms with van der Waals surface area (Å²) in [5, 5.41) is 20.5. The minimum absolute atomic E-state index is 0. The van der Waals surface area contributed by atoms with Crippen molar-refractivity contribution in [1.82, 2.24) is 0 Å². The Bertz CT molecular complexity index is 174. The van der Waals surface area contributed by atoms with E-state index in [2.05, 4.69) is 6.92 Å². The Labute approximate surface area is 160 Å². The largest absolute Gasteiger partial charge is 2.00 e. The minimum Gasteiger partial charge on any atom is -0.885 e. The van der Waals surface area contributed by atoms with Gasteiger partial charge in [-0.25, -0.2) is 0 Å². The fourth-order valence-corrected chi connectivity index (χ4v) is 2.86. The first-order valence-electron chi connectivity index (χ1n) is 8.20. The zero-order valence-electron chi connectivity index (χ0n) is 13.4. The van der Waals surface area contributed by atoms with Crippen LogP contribution in [0.2, 0.25) is 0 Å². The van der Waals surface area contributed by atoms with Crippen molar-refractivity contribution < 1.29 is 10.0 Å². The van der Waals surface area contributed by atoms with Gasteiger partial charge in [0, 0.05) is 0 Å². The molecule has 0 amide bonds. The van der Waals surface area contributed by atoms with E-state index in [9.17, 15) is 10.0 Å². The van der Waals surface area contributed by atoms with Crippen molar-refractivity contribution in [2.45, 2.75) is 90.4 Å². The van der Waals surface area contributed by atoms with Gasteiger partial charge < -0.3 is 10.0 Å². The summed E-state index contributed by atoms with van der Waals surface area (Å²) in [4.78, 5) is 0. The van der Waals surface area contributed by atoms with Crippen molar-refractivity contribution in [3.63, 3.8) is 0 Å². The van der Waals surface area contributed by atoms with E-state index in [1.807, 2.05) is 0 Å². The normalized spacial score (nSPS) is 10.3. The smallest absolute Gasteiger partial charge is 0.885 e. The molecule has 0 heterocycles. The first-order valence-corrected chi connectivity index (χ1v) is 9.25. The van der Waals surface area contributed by atoms with Crippen molar-refractivity contribution in [1.29, 1.82) is 0 Å². The molecule has 0 N–H and O–H groups in total. The molecule has 0 unspecified atom stereocenters. The van der Waals surface area contributed by atoms with E-state index in [1.54, 1.807) is 0 Å². The predicted molar refractivity (Wildman–Crippen MR) is 89.7 cm³/mol. The van der Waals surface area contributed by atoms with Crippen LogP contribution >= 0.6 is 11.6 Å². The van der Waals surface area contributed by atoms with E-state index in [-0.39, 0.29) is 37.7 Å². The summed E-state index contributed by atoms with van der Waals surface area (Å²) in [6.45, 7) is 2.26. The fourth-order valence-electron chi connectivity index (χ4n) is 2.30. The summed E-state index contributed by atoms with van der Waals surface area (Å²) in [5.41, 5.74) is 0. The fraction of sp³-hybridized carbons (Fsp3) is 1.00. The molecular formula is C15H31BCaO2S. The van der Waals surface area contributed by atoms with Crippen LogP contribution in [0.4, 0.5) is 0 Å². The molecule has 0 aromatic carbocycles. The molecule has 0 aliphatic heterocycles. The molecular weight excluding hydrogens is 295 g/mol. The maximum atomic E-state index is 10.3. The molecule has 0 fully saturated rings. The van der Waals surface area contributed by atoms with Gasteiger partial charge in [-0.15, -0.1) is 0 Å². The molecule has 0 bridgehead atoms. The van der Waals surface area contributed by atoms with E-state index in [0.717, 1.165) is 23.8 Å². The monoisotopic (exact) mass is 326 g/mol. The molecule has 0 aromatic heterocycles. The Balaban J connectivity index is 0. The van der Waals surface area contributed by atoms with E-state index in [0.29, 0.717) is 0 Å². The van der Waals surface area contributed by atoms with Gasteiger partial charge in [0.1, 0.15) is 0 Å². The van der Waals surface area contributed by atoms with Gasteiger partial charge in [-0.05, 0) is 18.6 Å². The molecule has 2 nitrogen and oxygen atoms in total. The summed E-state index contributed by atoms with van der Waals surface area (Å²) in [6.07, 6.45) is 15.6. The molecule has 0 saturated heterocycles. The second-order valence-electron chi connectivity index (χ2n) is 5.40. The first-order chi connectivity index (χ1) is 9.27. The van der Waals surface area contributed by atoms with Gasteiger partial charge in [0.25, 0.3) is 0 Å². The minimum atomic E-state index is -1.68. The van der Waals surface area contributed by atoms with Gasteiger partial charge in [0.05, 0.1) is 0 Å². The molecule has 114 valence electrons. The van der Waals surface area contributed by atoms with Gasteiger partial charge in [-0.3, -0.25) is 11.6 Å². The standard InChI is InChI=1S/C15H31BO2S.Ca/c1-2-3-4-5-6-7-8-9-10-11-12-13-14-15-19-16(17)18;/h2-15H2,1H3;/q-2;+2. The maximum Gasteiger partial charge on any atom is 2.00 e. The summed E-state index contributed by atoms with van der Waals surface area (Å²) in [7, 11) is 0. The summed E-state index contributed by atoms with van der Waals surface area (Å²) in [6, 6.07) is 0. The Kier molecular flexibility index (Phi) is 24.6. The molecule has 20 heavy (non-hydrogen) atoms. The molecule has 5 heteroatoms. The van der Waals surface area contributed by atoms with Crippen LogP contribution in [-0.2, 0) is 0 Å². The summed E-state index contributed by atoms with van der Waals surface area (Å²) < 4.78 is 0. The third-order valence-electron chi connectivity index (χ3n) is 3.50. The van der Waals surface area contributed by atoms with Crippen LogP contribution in [0.3, 0.4) is 0 Å². The van der Waals surface area contributed by atoms with Crippen molar-refractivity contribution in [2.24, 2.45) is 0 Å². The van der Waals surface area contributed by atoms with Crippen molar-refractivity contribution in [2.75, 3.05) is 5.75 Å². The summed E-state index contributed by atoms with van der Waals surface area (Å²) >= 11 is 1.00. The van der Waals surface area contributed by atoms with Crippen LogP contribution in [0.1, 0.15) is 90.4 Å². The molecule has 0 rings (SSSR count). The summed E-state index contributed by atoms with van der Waals surface area (Å²) in [5.74, 6) is 0.745. The number of hydrogen-bond acceptors (Lipinski definition) is 3. The second kappa shape index (κ2) is 20.6. The van der Waals surface area contributed by atoms with Gasteiger partial charge in [-0.2, -0.15) is 0 Å². The third kappa shape index (κ3) is 21.9. The zero-order chi connectivity index (χ0) is 14.2. The maximum absolute atomic E-state index is 10.3. The van der Waals surface area contributed by atoms with E-state index in [1.165, 1.54) is 77.0 Å². The molecule has 0 atom stereocenters. The van der Waals surface area contributed by atoms with Crippen LogP contribution in [0.15, 0.2) is 0 Å². The van der Waals surface area contributed by atoms with Crippen molar-refractivity contribution >= 4 is 55.7 Å². The third-order valence-corrected chi connectivity index (χ3v) is 4.30. The van der Waals surface area contributed by atoms with Crippen molar-refractivity contribution in [3.8, 4) is 0 Å². The van der Waals surface area contributed by atoms with Gasteiger partial charge in [0.15, 0.2) is 0 Å². The van der Waals surface area contributed by atoms with E-state index < -0.39 is 6.40 Å². The van der Waals surface area contributed by atoms with Gasteiger partial charge in [-0.1, -0.05) is 84.0 Å². The SMILES string of the molecule is CCCCCCCCCCCCCCCSB([O-])[O-].[Ca+2]. The first kappa shape index (κ1) is 23.9. The molecule has 0 saturated carbocycles. The Hall–Kier alpha value is 1.59. The van der Waals surface area contributed by atoms with Crippen LogP contribution in [-0.4, -0.2) is 49.9 Å². The number of hydrogen-bond donors (Lipinski definition) is 0. The van der Waals surface area contributed by atoms with Gasteiger partial charge >= 0.3 is 37.7 Å². The number of unbranched alkanes of at least 4 members (excludes halogenated alkanes) is 12. The average Bonchev–Trinajstić information content (AvgIpc) is 2.39. The average molecular weight is 326 g/mol. The molecule has 0 spiro atoms. The predicted octanol–water partition coefficient (Wildman–Crippen LogP) is 3.14. The Morgan fingerprint density at radius 1 is 0.650 bits per heavy atom. The van der Waals surface area contributed by atoms with Crippen LogP contribution < -0.4 is 10.0 Å². The molecule has 0 radical (unpaired) electrons. The van der Waals surface area contributed by atoms with E-state index >= 15 is 0 Å². The molecule has 0 aliphatic carbocycles. The van der Waals surface area contributed by atoms with Gasteiger partial charge in [0.2, 0.25) is 0 Å². The second-order valence-corrected chi connectivity index (χ2v) is 6.53. The Morgan fingerprint density at radius 3 is 1.35 bits per heavy atom. The van der Waals surface area contributed by atoms with Crippen LogP contribution in [0, 0.1) is 0 Å². The topological polar surface area (TPSA) is 46.1 Å². The van der Waals surface area contributed by atoms with Crippen LogP contribution in [0.25, 0.3) is 0 Å². The van der Waals surface area contributed by atoms with Crippen LogP contribution in [0.5, 0.6) is 0 Å². The zero-order valence-corrected chi connectivity index (χ0v) is 16.4. The number of rotatable bonds is 15. The molecule has 0 aliphatic rings. The van der Waals surface area contributed by atoms with Crippen molar-refractivity contribution in [3.05, 3.63) is 0 Å². The molecule has 0 aromatic rings. The Morgan fingerprint density at radius 2 is 1.00 bits per heavy atom.